The van der Waals surface area contributed by atoms with Gasteiger partial charge in [-0.25, -0.2) is 4.98 Å². The van der Waals surface area contributed by atoms with E-state index in [9.17, 15) is 10.4 Å². The van der Waals surface area contributed by atoms with Gasteiger partial charge < -0.3 is 14.1 Å². The Morgan fingerprint density at radius 1 is 1.17 bits per heavy atom. The van der Waals surface area contributed by atoms with Crippen LogP contribution in [0.5, 0.6) is 0 Å². The SMILES string of the molecule is Cc1ccccc1-c1nnc(SCC(O)=C(C#N)c2nc3ccccc3n2C)o1. The Balaban J connectivity index is 1.57. The van der Waals surface area contributed by atoms with Gasteiger partial charge in [0.05, 0.1) is 16.8 Å². The molecule has 0 bridgehead atoms. The molecule has 29 heavy (non-hydrogen) atoms. The van der Waals surface area contributed by atoms with Crippen molar-refractivity contribution in [2.45, 2.75) is 12.1 Å². The van der Waals surface area contributed by atoms with Crippen molar-refractivity contribution in [3.8, 4) is 17.5 Å². The summed E-state index contributed by atoms with van der Waals surface area (Å²) in [6.45, 7) is 1.97. The van der Waals surface area contributed by atoms with Gasteiger partial charge in [0.1, 0.15) is 17.4 Å². The molecule has 2 aromatic heterocycles. The molecule has 0 saturated carbocycles. The van der Waals surface area contributed by atoms with Gasteiger partial charge in [-0.05, 0) is 30.7 Å². The van der Waals surface area contributed by atoms with E-state index in [0.29, 0.717) is 16.9 Å². The van der Waals surface area contributed by atoms with Crippen molar-refractivity contribution >= 4 is 28.4 Å². The number of para-hydroxylation sites is 2. The van der Waals surface area contributed by atoms with E-state index in [4.69, 9.17) is 4.42 Å². The van der Waals surface area contributed by atoms with Crippen LogP contribution in [0.1, 0.15) is 11.4 Å². The predicted molar refractivity (Wildman–Crippen MR) is 111 cm³/mol. The Morgan fingerprint density at radius 2 is 1.93 bits per heavy atom. The Hall–Kier alpha value is -3.57. The third-order valence-electron chi connectivity index (χ3n) is 4.53. The number of aryl methyl sites for hydroxylation is 2. The van der Waals surface area contributed by atoms with Crippen LogP contribution >= 0.6 is 11.8 Å². The van der Waals surface area contributed by atoms with E-state index < -0.39 is 0 Å². The molecule has 4 rings (SSSR count). The summed E-state index contributed by atoms with van der Waals surface area (Å²) < 4.78 is 7.48. The van der Waals surface area contributed by atoms with E-state index >= 15 is 0 Å². The molecule has 0 aliphatic heterocycles. The van der Waals surface area contributed by atoms with Gasteiger partial charge in [0.2, 0.25) is 5.89 Å². The zero-order chi connectivity index (χ0) is 20.4. The highest BCUT2D eigenvalue weighted by Gasteiger charge is 2.18. The summed E-state index contributed by atoms with van der Waals surface area (Å²) in [5.74, 6) is 0.857. The molecule has 8 heteroatoms. The molecule has 0 unspecified atom stereocenters. The average molecular weight is 403 g/mol. The number of nitriles is 1. The lowest BCUT2D eigenvalue weighted by Gasteiger charge is -2.04. The first-order valence-electron chi connectivity index (χ1n) is 8.85. The van der Waals surface area contributed by atoms with Gasteiger partial charge in [-0.15, -0.1) is 10.2 Å². The van der Waals surface area contributed by atoms with Crippen LogP contribution in [0.2, 0.25) is 0 Å². The molecule has 0 saturated heterocycles. The molecule has 0 spiro atoms. The van der Waals surface area contributed by atoms with Crippen molar-refractivity contribution in [3.63, 3.8) is 0 Å². The second-order valence-corrected chi connectivity index (χ2v) is 7.32. The Labute approximate surface area is 171 Å². The monoisotopic (exact) mass is 403 g/mol. The number of aliphatic hydroxyl groups is 1. The molecule has 0 aliphatic rings. The van der Waals surface area contributed by atoms with Crippen molar-refractivity contribution in [3.05, 3.63) is 65.7 Å². The molecule has 2 heterocycles. The number of benzene rings is 2. The molecule has 0 aliphatic carbocycles. The maximum atomic E-state index is 10.5. The Kier molecular flexibility index (Phi) is 5.06. The quantitative estimate of drug-likeness (QED) is 0.297. The van der Waals surface area contributed by atoms with Gasteiger partial charge >= 0.3 is 0 Å². The number of aromatic nitrogens is 4. The molecule has 4 aromatic rings. The van der Waals surface area contributed by atoms with Crippen LogP contribution in [-0.4, -0.2) is 30.6 Å². The summed E-state index contributed by atoms with van der Waals surface area (Å²) in [7, 11) is 1.81. The first-order chi connectivity index (χ1) is 14.1. The predicted octanol–water partition coefficient (Wildman–Crippen LogP) is 4.52. The fourth-order valence-electron chi connectivity index (χ4n) is 3.00. The first kappa shape index (κ1) is 18.8. The van der Waals surface area contributed by atoms with E-state index in [1.165, 1.54) is 0 Å². The number of aliphatic hydroxyl groups excluding tert-OH is 1. The average Bonchev–Trinajstić information content (AvgIpc) is 3.33. The number of fused-ring (bicyclic) bond motifs is 1. The highest BCUT2D eigenvalue weighted by molar-refractivity contribution is 7.99. The number of nitrogens with zero attached hydrogens (tertiary/aromatic N) is 5. The van der Waals surface area contributed by atoms with E-state index in [1.54, 1.807) is 4.57 Å². The summed E-state index contributed by atoms with van der Waals surface area (Å²) >= 11 is 1.16. The van der Waals surface area contributed by atoms with Crippen molar-refractivity contribution in [1.82, 2.24) is 19.7 Å². The first-order valence-corrected chi connectivity index (χ1v) is 9.83. The van der Waals surface area contributed by atoms with Crippen molar-refractivity contribution < 1.29 is 9.52 Å². The van der Waals surface area contributed by atoms with Gasteiger partial charge in [0, 0.05) is 12.6 Å². The van der Waals surface area contributed by atoms with Crippen LogP contribution in [0.15, 0.2) is 63.9 Å². The molecular formula is C21H17N5O2S. The minimum atomic E-state index is -0.0912. The maximum Gasteiger partial charge on any atom is 0.277 e. The van der Waals surface area contributed by atoms with Crippen LogP contribution < -0.4 is 0 Å². The largest absolute Gasteiger partial charge is 0.510 e. The zero-order valence-corrected chi connectivity index (χ0v) is 16.6. The Morgan fingerprint density at radius 3 is 2.69 bits per heavy atom. The van der Waals surface area contributed by atoms with Gasteiger partial charge in [-0.1, -0.05) is 42.1 Å². The van der Waals surface area contributed by atoms with Crippen LogP contribution in [0.3, 0.4) is 0 Å². The number of rotatable bonds is 5. The smallest absolute Gasteiger partial charge is 0.277 e. The third-order valence-corrected chi connectivity index (χ3v) is 5.36. The number of hydrogen-bond acceptors (Lipinski definition) is 7. The molecule has 0 amide bonds. The molecular weight excluding hydrogens is 386 g/mol. The van der Waals surface area contributed by atoms with Crippen LogP contribution in [0.25, 0.3) is 28.1 Å². The van der Waals surface area contributed by atoms with Crippen molar-refractivity contribution in [1.29, 1.82) is 5.26 Å². The topological polar surface area (TPSA) is 101 Å². The molecule has 144 valence electrons. The van der Waals surface area contributed by atoms with E-state index in [2.05, 4.69) is 21.3 Å². The minimum absolute atomic E-state index is 0.0912. The lowest BCUT2D eigenvalue weighted by Crippen LogP contribution is -2.00. The molecule has 2 aromatic carbocycles. The van der Waals surface area contributed by atoms with E-state index in [1.807, 2.05) is 62.5 Å². The number of thioether (sulfide) groups is 1. The third kappa shape index (κ3) is 3.60. The minimum Gasteiger partial charge on any atom is -0.510 e. The molecule has 0 fully saturated rings. The molecule has 0 atom stereocenters. The summed E-state index contributed by atoms with van der Waals surface area (Å²) in [5.41, 5.74) is 3.66. The summed E-state index contributed by atoms with van der Waals surface area (Å²) in [6, 6.07) is 17.4. The maximum absolute atomic E-state index is 10.5. The van der Waals surface area contributed by atoms with Crippen molar-refractivity contribution in [2.75, 3.05) is 5.75 Å². The van der Waals surface area contributed by atoms with Gasteiger partial charge in [0.25, 0.3) is 5.22 Å². The van der Waals surface area contributed by atoms with Crippen molar-refractivity contribution in [2.24, 2.45) is 7.05 Å². The van der Waals surface area contributed by atoms with Gasteiger partial charge in [-0.2, -0.15) is 5.26 Å². The second-order valence-electron chi connectivity index (χ2n) is 6.39. The van der Waals surface area contributed by atoms with Gasteiger partial charge in [0.15, 0.2) is 5.82 Å². The molecule has 7 nitrogen and oxygen atoms in total. The standard InChI is InChI=1S/C21H17N5O2S/c1-13-7-3-4-8-14(13)20-24-25-21(28-20)29-12-18(27)15(11-22)19-23-16-9-5-6-10-17(16)26(19)2/h3-10,27H,12H2,1-2H3. The second kappa shape index (κ2) is 7.81. The summed E-state index contributed by atoms with van der Waals surface area (Å²) in [4.78, 5) is 4.47. The van der Waals surface area contributed by atoms with Crippen LogP contribution in [0, 0.1) is 18.3 Å². The van der Waals surface area contributed by atoms with E-state index in [-0.39, 0.29) is 17.1 Å². The highest BCUT2D eigenvalue weighted by atomic mass is 32.2. The lowest BCUT2D eigenvalue weighted by molar-refractivity contribution is 0.418. The molecule has 1 N–H and O–H groups in total. The summed E-state index contributed by atoms with van der Waals surface area (Å²) in [5, 5.41) is 28.5. The fraction of sp³-hybridized carbons (Fsp3) is 0.143. The van der Waals surface area contributed by atoms with Crippen LogP contribution in [-0.2, 0) is 7.05 Å². The van der Waals surface area contributed by atoms with E-state index in [0.717, 1.165) is 33.9 Å². The molecule has 0 radical (unpaired) electrons. The number of allylic oxidation sites excluding steroid dienone is 1. The zero-order valence-electron chi connectivity index (χ0n) is 15.8. The van der Waals surface area contributed by atoms with Crippen LogP contribution in [0.4, 0.5) is 0 Å². The Bertz CT molecular complexity index is 1270. The normalized spacial score (nSPS) is 12.0. The lowest BCUT2D eigenvalue weighted by atomic mass is 10.1. The van der Waals surface area contributed by atoms with Gasteiger partial charge in [-0.3, -0.25) is 0 Å². The number of imidazole rings is 1. The number of hydrogen-bond donors (Lipinski definition) is 1. The fourth-order valence-corrected chi connectivity index (χ4v) is 3.65. The highest BCUT2D eigenvalue weighted by Crippen LogP contribution is 2.28. The summed E-state index contributed by atoms with van der Waals surface area (Å²) in [6.07, 6.45) is 0.